The molecule has 0 fully saturated rings. The van der Waals surface area contributed by atoms with Crippen LogP contribution in [0.5, 0.6) is 11.5 Å². The summed E-state index contributed by atoms with van der Waals surface area (Å²) in [7, 11) is 2.96. The van der Waals surface area contributed by atoms with Crippen molar-refractivity contribution in [2.75, 3.05) is 19.5 Å². The zero-order valence-corrected chi connectivity index (χ0v) is 12.2. The maximum absolute atomic E-state index is 13.1. The largest absolute Gasteiger partial charge is 0.493 e. The Morgan fingerprint density at radius 1 is 1.14 bits per heavy atom. The van der Waals surface area contributed by atoms with Gasteiger partial charge in [-0.3, -0.25) is 4.79 Å². The van der Waals surface area contributed by atoms with Gasteiger partial charge < -0.3 is 14.8 Å². The molecule has 21 heavy (non-hydrogen) atoms. The maximum atomic E-state index is 13.1. The van der Waals surface area contributed by atoms with E-state index in [2.05, 4.69) is 5.32 Å². The number of anilines is 1. The number of ether oxygens (including phenoxy) is 2. The monoisotopic (exact) mass is 309 g/mol. The second-order valence-electron chi connectivity index (χ2n) is 4.15. The first-order valence-electron chi connectivity index (χ1n) is 6.03. The summed E-state index contributed by atoms with van der Waals surface area (Å²) in [5, 5.41) is 2.90. The predicted octanol–water partition coefficient (Wildman–Crippen LogP) is 3.75. The van der Waals surface area contributed by atoms with Crippen LogP contribution in [0.1, 0.15) is 10.4 Å². The number of amides is 1. The second kappa shape index (κ2) is 6.45. The van der Waals surface area contributed by atoms with Crippen molar-refractivity contribution in [2.45, 2.75) is 0 Å². The van der Waals surface area contributed by atoms with Gasteiger partial charge in [-0.25, -0.2) is 4.39 Å². The maximum Gasteiger partial charge on any atom is 0.255 e. The predicted molar refractivity (Wildman–Crippen MR) is 78.9 cm³/mol. The van der Waals surface area contributed by atoms with Crippen LogP contribution >= 0.6 is 11.6 Å². The van der Waals surface area contributed by atoms with E-state index in [1.807, 2.05) is 0 Å². The molecular formula is C15H13ClFNO3. The number of halogens is 2. The van der Waals surface area contributed by atoms with E-state index in [9.17, 15) is 9.18 Å². The van der Waals surface area contributed by atoms with E-state index in [0.29, 0.717) is 17.2 Å². The van der Waals surface area contributed by atoms with Crippen molar-refractivity contribution in [2.24, 2.45) is 0 Å². The molecule has 0 unspecified atom stereocenters. The van der Waals surface area contributed by atoms with Crippen molar-refractivity contribution >= 4 is 23.2 Å². The van der Waals surface area contributed by atoms with Gasteiger partial charge in [0.2, 0.25) is 0 Å². The Labute approximate surface area is 126 Å². The lowest BCUT2D eigenvalue weighted by Gasteiger charge is -2.12. The molecule has 1 amide bonds. The highest BCUT2D eigenvalue weighted by molar-refractivity contribution is 6.34. The first-order valence-corrected chi connectivity index (χ1v) is 6.41. The number of carbonyl (C=O) groups is 1. The Bertz CT molecular complexity index is 676. The zero-order chi connectivity index (χ0) is 15.4. The first kappa shape index (κ1) is 15.1. The van der Waals surface area contributed by atoms with Crippen molar-refractivity contribution in [3.63, 3.8) is 0 Å². The van der Waals surface area contributed by atoms with Gasteiger partial charge in [-0.2, -0.15) is 0 Å². The average molecular weight is 310 g/mol. The number of methoxy groups -OCH3 is 2. The molecule has 0 radical (unpaired) electrons. The van der Waals surface area contributed by atoms with Crippen molar-refractivity contribution in [1.29, 1.82) is 0 Å². The van der Waals surface area contributed by atoms with Crippen molar-refractivity contribution in [1.82, 2.24) is 0 Å². The fraction of sp³-hybridized carbons (Fsp3) is 0.133. The molecule has 2 aromatic rings. The third kappa shape index (κ3) is 3.44. The number of hydrogen-bond donors (Lipinski definition) is 1. The Hall–Kier alpha value is -2.27. The van der Waals surface area contributed by atoms with E-state index in [0.717, 1.165) is 6.07 Å². The summed E-state index contributed by atoms with van der Waals surface area (Å²) in [5.74, 6) is -0.0765. The summed E-state index contributed by atoms with van der Waals surface area (Å²) < 4.78 is 23.4. The van der Waals surface area contributed by atoms with Gasteiger partial charge in [-0.1, -0.05) is 17.7 Å². The molecule has 0 atom stereocenters. The molecule has 0 heterocycles. The Kier molecular flexibility index (Phi) is 4.65. The van der Waals surface area contributed by atoms with Crippen LogP contribution < -0.4 is 14.8 Å². The highest BCUT2D eigenvalue weighted by Crippen LogP contribution is 2.36. The SMILES string of the molecule is COc1cc(Cl)c(NC(=O)c2cccc(F)c2)cc1OC. The quantitative estimate of drug-likeness (QED) is 0.935. The molecule has 2 aromatic carbocycles. The first-order chi connectivity index (χ1) is 10.0. The van der Waals surface area contributed by atoms with E-state index < -0.39 is 11.7 Å². The zero-order valence-electron chi connectivity index (χ0n) is 11.4. The second-order valence-corrected chi connectivity index (χ2v) is 4.56. The molecule has 1 N–H and O–H groups in total. The van der Waals surface area contributed by atoms with Crippen LogP contribution in [0.3, 0.4) is 0 Å². The van der Waals surface area contributed by atoms with Crippen molar-refractivity contribution in [3.05, 3.63) is 52.8 Å². The van der Waals surface area contributed by atoms with Gasteiger partial charge >= 0.3 is 0 Å². The molecule has 0 aliphatic heterocycles. The fourth-order valence-corrected chi connectivity index (χ4v) is 1.98. The Morgan fingerprint density at radius 3 is 2.43 bits per heavy atom. The molecule has 0 aromatic heterocycles. The summed E-state index contributed by atoms with van der Waals surface area (Å²) in [5.41, 5.74) is 0.546. The van der Waals surface area contributed by atoms with E-state index >= 15 is 0 Å². The number of carbonyl (C=O) groups excluding carboxylic acids is 1. The van der Waals surface area contributed by atoms with Crippen LogP contribution in [-0.4, -0.2) is 20.1 Å². The molecule has 0 bridgehead atoms. The van der Waals surface area contributed by atoms with E-state index in [1.54, 1.807) is 6.07 Å². The molecule has 0 saturated carbocycles. The third-order valence-corrected chi connectivity index (χ3v) is 3.12. The van der Waals surface area contributed by atoms with Crippen LogP contribution in [0.25, 0.3) is 0 Å². The molecule has 0 saturated heterocycles. The smallest absolute Gasteiger partial charge is 0.255 e. The van der Waals surface area contributed by atoms with E-state index in [1.165, 1.54) is 38.5 Å². The number of nitrogens with one attached hydrogen (secondary N) is 1. The van der Waals surface area contributed by atoms with Crippen molar-refractivity contribution < 1.29 is 18.7 Å². The minimum Gasteiger partial charge on any atom is -0.493 e. The number of hydrogen-bond acceptors (Lipinski definition) is 3. The van der Waals surface area contributed by atoms with Crippen molar-refractivity contribution in [3.8, 4) is 11.5 Å². The van der Waals surface area contributed by atoms with Crippen LogP contribution in [0.4, 0.5) is 10.1 Å². The van der Waals surface area contributed by atoms with E-state index in [4.69, 9.17) is 21.1 Å². The topological polar surface area (TPSA) is 47.6 Å². The lowest BCUT2D eigenvalue weighted by Crippen LogP contribution is -2.12. The van der Waals surface area contributed by atoms with Gasteiger partial charge in [-0.05, 0) is 18.2 Å². The molecule has 0 aliphatic carbocycles. The molecule has 0 aliphatic rings. The Balaban J connectivity index is 2.29. The summed E-state index contributed by atoms with van der Waals surface area (Å²) in [6, 6.07) is 8.44. The van der Waals surface area contributed by atoms with Gasteiger partial charge in [0.1, 0.15) is 5.82 Å². The average Bonchev–Trinajstić information content (AvgIpc) is 2.48. The van der Waals surface area contributed by atoms with Gasteiger partial charge in [0.15, 0.2) is 11.5 Å². The number of rotatable bonds is 4. The van der Waals surface area contributed by atoms with Crippen LogP contribution in [0.2, 0.25) is 5.02 Å². The third-order valence-electron chi connectivity index (χ3n) is 2.81. The minimum absolute atomic E-state index is 0.195. The van der Waals surface area contributed by atoms with Gasteiger partial charge in [0.25, 0.3) is 5.91 Å². The lowest BCUT2D eigenvalue weighted by molar-refractivity contribution is 0.102. The fourth-order valence-electron chi connectivity index (χ4n) is 1.77. The van der Waals surface area contributed by atoms with Gasteiger partial charge in [0.05, 0.1) is 24.9 Å². The Morgan fingerprint density at radius 2 is 1.81 bits per heavy atom. The molecule has 110 valence electrons. The standard InChI is InChI=1S/C15H13ClFNO3/c1-20-13-7-11(16)12(8-14(13)21-2)18-15(19)9-4-3-5-10(17)6-9/h3-8H,1-2H3,(H,18,19). The summed E-state index contributed by atoms with van der Waals surface area (Å²) >= 11 is 6.08. The lowest BCUT2D eigenvalue weighted by atomic mass is 10.2. The molecule has 0 spiro atoms. The summed E-state index contributed by atoms with van der Waals surface area (Å²) in [6.07, 6.45) is 0. The normalized spacial score (nSPS) is 10.1. The van der Waals surface area contributed by atoms with Gasteiger partial charge in [0, 0.05) is 17.7 Å². The minimum atomic E-state index is -0.485. The highest BCUT2D eigenvalue weighted by atomic mass is 35.5. The molecule has 2 rings (SSSR count). The molecule has 4 nitrogen and oxygen atoms in total. The van der Waals surface area contributed by atoms with Gasteiger partial charge in [-0.15, -0.1) is 0 Å². The molecule has 6 heteroatoms. The summed E-state index contributed by atoms with van der Waals surface area (Å²) in [6.45, 7) is 0. The summed E-state index contributed by atoms with van der Waals surface area (Å²) in [4.78, 5) is 12.1. The van der Waals surface area contributed by atoms with E-state index in [-0.39, 0.29) is 10.6 Å². The highest BCUT2D eigenvalue weighted by Gasteiger charge is 2.13. The molecular weight excluding hydrogens is 297 g/mol. The van der Waals surface area contributed by atoms with Crippen LogP contribution in [0.15, 0.2) is 36.4 Å². The number of benzene rings is 2. The van der Waals surface area contributed by atoms with Crippen LogP contribution in [0, 0.1) is 5.82 Å². The van der Waals surface area contributed by atoms with Crippen LogP contribution in [-0.2, 0) is 0 Å².